The Kier molecular flexibility index (Phi) is 4.11. The molecule has 7 heteroatoms. The predicted octanol–water partition coefficient (Wildman–Crippen LogP) is 4.46. The van der Waals surface area contributed by atoms with Crippen LogP contribution in [0.4, 0.5) is 0 Å². The molecule has 0 aliphatic rings. The maximum atomic E-state index is 12.4. The van der Waals surface area contributed by atoms with Crippen LogP contribution in [0.1, 0.15) is 10.4 Å². The fourth-order valence-corrected chi connectivity index (χ4v) is 2.70. The summed E-state index contributed by atoms with van der Waals surface area (Å²) in [5.74, 6) is -0.393. The highest BCUT2D eigenvalue weighted by atomic mass is 35.5. The Morgan fingerprint density at radius 3 is 2.77 bits per heavy atom. The summed E-state index contributed by atoms with van der Waals surface area (Å²) >= 11 is 17.1. The number of carbonyl (C=O) groups excluding carboxylic acids is 1. The Morgan fingerprint density at radius 2 is 2.00 bits per heavy atom. The lowest BCUT2D eigenvalue weighted by Gasteiger charge is -2.12. The molecule has 0 spiro atoms. The van der Waals surface area contributed by atoms with Crippen molar-refractivity contribution in [3.63, 3.8) is 0 Å². The molecule has 110 valence electrons. The number of fused-ring (bicyclic) bond motifs is 1. The Bertz CT molecular complexity index is 939. The van der Waals surface area contributed by atoms with Crippen LogP contribution in [0.15, 0.2) is 48.7 Å². The summed E-state index contributed by atoms with van der Waals surface area (Å²) in [5, 5.41) is 1.59. The molecule has 0 fully saturated rings. The highest BCUT2D eigenvalue weighted by Gasteiger charge is 2.12. The van der Waals surface area contributed by atoms with Crippen molar-refractivity contribution in [1.29, 1.82) is 0 Å². The van der Waals surface area contributed by atoms with E-state index in [-0.39, 0.29) is 5.02 Å². The van der Waals surface area contributed by atoms with Gasteiger partial charge in [0.25, 0.3) is 5.91 Å². The molecule has 0 aliphatic carbocycles. The number of pyridine rings is 2. The molecule has 22 heavy (non-hydrogen) atoms. The smallest absolute Gasteiger partial charge is 0.267 e. The van der Waals surface area contributed by atoms with Gasteiger partial charge >= 0.3 is 0 Å². The number of aromatic nitrogens is 2. The van der Waals surface area contributed by atoms with Crippen molar-refractivity contribution >= 4 is 52.4 Å². The highest BCUT2D eigenvalue weighted by Crippen LogP contribution is 2.21. The fraction of sp³-hybridized carbons (Fsp3) is 0. The van der Waals surface area contributed by atoms with Crippen LogP contribution in [0.5, 0.6) is 0 Å². The lowest BCUT2D eigenvalue weighted by molar-refractivity contribution is 0.101. The molecule has 4 nitrogen and oxygen atoms in total. The molecule has 1 aromatic carbocycles. The second kappa shape index (κ2) is 6.04. The topological polar surface area (TPSA) is 46.9 Å². The lowest BCUT2D eigenvalue weighted by Crippen LogP contribution is -2.24. The predicted molar refractivity (Wildman–Crippen MR) is 90.7 cm³/mol. The van der Waals surface area contributed by atoms with Crippen molar-refractivity contribution < 1.29 is 4.79 Å². The maximum Gasteiger partial charge on any atom is 0.271 e. The second-order valence-corrected chi connectivity index (χ2v) is 5.75. The van der Waals surface area contributed by atoms with Gasteiger partial charge < -0.3 is 0 Å². The van der Waals surface area contributed by atoms with E-state index >= 15 is 0 Å². The first-order chi connectivity index (χ1) is 10.6. The molecule has 2 heterocycles. The van der Waals surface area contributed by atoms with E-state index in [1.54, 1.807) is 24.4 Å². The minimum atomic E-state index is -0.393. The van der Waals surface area contributed by atoms with Crippen LogP contribution in [0.3, 0.4) is 0 Å². The number of hydrogen-bond donors (Lipinski definition) is 1. The Morgan fingerprint density at radius 1 is 1.18 bits per heavy atom. The van der Waals surface area contributed by atoms with Crippen molar-refractivity contribution in [3.05, 3.63) is 68.9 Å². The van der Waals surface area contributed by atoms with Crippen molar-refractivity contribution in [1.82, 2.24) is 9.66 Å². The van der Waals surface area contributed by atoms with Crippen LogP contribution in [0.25, 0.3) is 11.0 Å². The first-order valence-corrected chi connectivity index (χ1v) is 7.46. The lowest BCUT2D eigenvalue weighted by atomic mass is 10.2. The zero-order valence-corrected chi connectivity index (χ0v) is 13.4. The molecule has 3 aromatic rings. The van der Waals surface area contributed by atoms with Crippen molar-refractivity contribution in [2.75, 3.05) is 5.43 Å². The highest BCUT2D eigenvalue weighted by molar-refractivity contribution is 7.71. The minimum absolute atomic E-state index is 0.268. The molecule has 1 amide bonds. The standard InChI is InChI=1S/C15H9Cl2N3OS/c16-10-4-5-11(12(17)8-10)15(21)19-20-13(22)6-3-9-2-1-7-18-14(9)20/h1-8H,(H,19,21). The fourth-order valence-electron chi connectivity index (χ4n) is 2.01. The first kappa shape index (κ1) is 15.0. The summed E-state index contributed by atoms with van der Waals surface area (Å²) in [6.07, 6.45) is 1.63. The van der Waals surface area contributed by atoms with Gasteiger partial charge in [-0.2, -0.15) is 0 Å². The van der Waals surface area contributed by atoms with E-state index in [1.807, 2.05) is 18.2 Å². The van der Waals surface area contributed by atoms with Gasteiger partial charge in [0.2, 0.25) is 0 Å². The van der Waals surface area contributed by atoms with Gasteiger partial charge in [0.1, 0.15) is 4.64 Å². The van der Waals surface area contributed by atoms with Gasteiger partial charge in [-0.05, 0) is 42.5 Å². The molecular weight excluding hydrogens is 341 g/mol. The monoisotopic (exact) mass is 349 g/mol. The summed E-state index contributed by atoms with van der Waals surface area (Å²) in [6, 6.07) is 11.9. The molecular formula is C15H9Cl2N3OS. The number of nitrogens with one attached hydrogen (secondary N) is 1. The minimum Gasteiger partial charge on any atom is -0.267 e. The molecule has 0 aliphatic heterocycles. The average Bonchev–Trinajstić information content (AvgIpc) is 2.50. The number of nitrogens with zero attached hydrogens (tertiary/aromatic N) is 2. The van der Waals surface area contributed by atoms with Crippen LogP contribution in [-0.4, -0.2) is 15.6 Å². The number of hydrogen-bond acceptors (Lipinski definition) is 3. The van der Waals surface area contributed by atoms with Gasteiger partial charge in [0, 0.05) is 16.6 Å². The van der Waals surface area contributed by atoms with Crippen molar-refractivity contribution in [3.8, 4) is 0 Å². The number of halogens is 2. The van der Waals surface area contributed by atoms with Crippen LogP contribution in [0, 0.1) is 4.64 Å². The van der Waals surface area contributed by atoms with E-state index < -0.39 is 5.91 Å². The SMILES string of the molecule is O=C(Nn1c(=S)ccc2cccnc21)c1ccc(Cl)cc1Cl. The molecule has 0 saturated carbocycles. The average molecular weight is 350 g/mol. The zero-order valence-electron chi connectivity index (χ0n) is 11.1. The van der Waals surface area contributed by atoms with Crippen LogP contribution < -0.4 is 5.43 Å². The Labute approximate surface area is 141 Å². The van der Waals surface area contributed by atoms with Crippen molar-refractivity contribution in [2.24, 2.45) is 0 Å². The zero-order chi connectivity index (χ0) is 15.7. The van der Waals surface area contributed by atoms with E-state index in [2.05, 4.69) is 10.4 Å². The quantitative estimate of drug-likeness (QED) is 0.695. The normalized spacial score (nSPS) is 10.6. The molecule has 0 unspecified atom stereocenters. The van der Waals surface area contributed by atoms with Crippen LogP contribution >= 0.6 is 35.4 Å². The summed E-state index contributed by atoms with van der Waals surface area (Å²) < 4.78 is 1.89. The van der Waals surface area contributed by atoms with Gasteiger partial charge in [-0.15, -0.1) is 0 Å². The third-order valence-electron chi connectivity index (χ3n) is 3.04. The molecule has 0 bridgehead atoms. The number of rotatable bonds is 2. The molecule has 0 radical (unpaired) electrons. The summed E-state index contributed by atoms with van der Waals surface area (Å²) in [4.78, 5) is 16.7. The van der Waals surface area contributed by atoms with Gasteiger partial charge in [-0.3, -0.25) is 10.2 Å². The third kappa shape index (κ3) is 2.83. The number of benzene rings is 1. The van der Waals surface area contributed by atoms with Gasteiger partial charge in [-0.25, -0.2) is 9.66 Å². The molecule has 0 saturated heterocycles. The molecule has 3 rings (SSSR count). The summed E-state index contributed by atoms with van der Waals surface area (Å²) in [7, 11) is 0. The second-order valence-electron chi connectivity index (χ2n) is 4.49. The molecule has 1 N–H and O–H groups in total. The van der Waals surface area contributed by atoms with Gasteiger partial charge in [0.15, 0.2) is 5.65 Å². The van der Waals surface area contributed by atoms with E-state index in [4.69, 9.17) is 35.4 Å². The third-order valence-corrected chi connectivity index (χ3v) is 3.91. The Balaban J connectivity index is 2.04. The molecule has 2 aromatic heterocycles. The number of amides is 1. The van der Waals surface area contributed by atoms with E-state index in [9.17, 15) is 4.79 Å². The Hall–Kier alpha value is -1.95. The van der Waals surface area contributed by atoms with E-state index in [0.717, 1.165) is 5.39 Å². The number of carbonyl (C=O) groups is 1. The van der Waals surface area contributed by atoms with Crippen molar-refractivity contribution in [2.45, 2.75) is 0 Å². The van der Waals surface area contributed by atoms with Gasteiger partial charge in [-0.1, -0.05) is 35.4 Å². The van der Waals surface area contributed by atoms with Crippen LogP contribution in [0.2, 0.25) is 10.0 Å². The van der Waals surface area contributed by atoms with E-state index in [1.165, 1.54) is 10.7 Å². The van der Waals surface area contributed by atoms with Crippen LogP contribution in [-0.2, 0) is 0 Å². The summed E-state index contributed by atoms with van der Waals surface area (Å²) in [6.45, 7) is 0. The van der Waals surface area contributed by atoms with E-state index in [0.29, 0.717) is 20.9 Å². The van der Waals surface area contributed by atoms with Gasteiger partial charge in [0.05, 0.1) is 10.6 Å². The molecule has 0 atom stereocenters. The summed E-state index contributed by atoms with van der Waals surface area (Å²) in [5.41, 5.74) is 3.58. The largest absolute Gasteiger partial charge is 0.271 e. The maximum absolute atomic E-state index is 12.4. The first-order valence-electron chi connectivity index (χ1n) is 6.29.